The first kappa shape index (κ1) is 20.6. The van der Waals surface area contributed by atoms with Crippen molar-refractivity contribution in [3.63, 3.8) is 0 Å². The van der Waals surface area contributed by atoms with Crippen LogP contribution in [-0.4, -0.2) is 41.9 Å². The second-order valence-electron chi connectivity index (χ2n) is 7.06. The van der Waals surface area contributed by atoms with Gasteiger partial charge in [0.1, 0.15) is 0 Å². The fourth-order valence-corrected chi connectivity index (χ4v) is 3.13. The molecule has 1 aromatic carbocycles. The van der Waals surface area contributed by atoms with Crippen molar-refractivity contribution in [3.05, 3.63) is 46.8 Å². The number of ketones is 2. The molecule has 29 heavy (non-hydrogen) atoms. The summed E-state index contributed by atoms with van der Waals surface area (Å²) in [4.78, 5) is 36.6. The maximum Gasteiger partial charge on any atom is 0.306 e. The topological polar surface area (TPSA) is 83.8 Å². The fourth-order valence-electron chi connectivity index (χ4n) is 3.13. The van der Waals surface area contributed by atoms with Crippen LogP contribution in [0, 0.1) is 13.8 Å². The summed E-state index contributed by atoms with van der Waals surface area (Å²) in [5, 5.41) is 0. The number of benzene rings is 1. The highest BCUT2D eigenvalue weighted by molar-refractivity contribution is 6.00. The Kier molecular flexibility index (Phi) is 6.36. The third-order valence-corrected chi connectivity index (χ3v) is 5.07. The minimum Gasteiger partial charge on any atom is -0.490 e. The van der Waals surface area contributed by atoms with Crippen LogP contribution in [-0.2, 0) is 16.6 Å². The van der Waals surface area contributed by atoms with Crippen molar-refractivity contribution in [1.82, 2.24) is 4.57 Å². The predicted octanol–water partition coefficient (Wildman–Crippen LogP) is 3.19. The lowest BCUT2D eigenvalue weighted by molar-refractivity contribution is -0.142. The minimum absolute atomic E-state index is 0.00383. The van der Waals surface area contributed by atoms with Gasteiger partial charge in [-0.15, -0.1) is 0 Å². The first-order valence-corrected chi connectivity index (χ1v) is 9.61. The van der Waals surface area contributed by atoms with Crippen molar-refractivity contribution in [2.24, 2.45) is 7.05 Å². The molecule has 1 aliphatic rings. The lowest BCUT2D eigenvalue weighted by Gasteiger charge is -2.09. The van der Waals surface area contributed by atoms with E-state index in [4.69, 9.17) is 14.2 Å². The van der Waals surface area contributed by atoms with E-state index < -0.39 is 5.97 Å². The van der Waals surface area contributed by atoms with Crippen molar-refractivity contribution >= 4 is 17.5 Å². The number of Topliss-reactive ketones (excluding diaryl/α,β-unsaturated/α-hetero) is 2. The Labute approximate surface area is 169 Å². The minimum atomic E-state index is -0.577. The molecule has 2 heterocycles. The number of hydrogen-bond acceptors (Lipinski definition) is 6. The zero-order valence-corrected chi connectivity index (χ0v) is 16.9. The number of aromatic nitrogens is 1. The second kappa shape index (κ2) is 8.94. The van der Waals surface area contributed by atoms with Gasteiger partial charge in [-0.05, 0) is 38.1 Å². The van der Waals surface area contributed by atoms with Crippen molar-refractivity contribution in [2.75, 3.05) is 19.8 Å². The van der Waals surface area contributed by atoms with E-state index in [0.717, 1.165) is 17.8 Å². The molecule has 0 N–H and O–H groups in total. The summed E-state index contributed by atoms with van der Waals surface area (Å²) in [5.74, 6) is 0.122. The highest BCUT2D eigenvalue weighted by Crippen LogP contribution is 2.30. The van der Waals surface area contributed by atoms with E-state index in [0.29, 0.717) is 35.8 Å². The summed E-state index contributed by atoms with van der Waals surface area (Å²) in [5.41, 5.74) is 2.78. The first-order valence-electron chi connectivity index (χ1n) is 9.61. The Balaban J connectivity index is 1.50. The third-order valence-electron chi connectivity index (χ3n) is 5.07. The largest absolute Gasteiger partial charge is 0.490 e. The summed E-state index contributed by atoms with van der Waals surface area (Å²) in [7, 11) is 1.87. The molecule has 0 bridgehead atoms. The number of aryl methyl sites for hydroxylation is 1. The quantitative estimate of drug-likeness (QED) is 0.525. The van der Waals surface area contributed by atoms with E-state index in [2.05, 4.69) is 0 Å². The fraction of sp³-hybridized carbons (Fsp3) is 0.409. The Morgan fingerprint density at radius 2 is 1.72 bits per heavy atom. The van der Waals surface area contributed by atoms with Crippen LogP contribution in [0.5, 0.6) is 11.5 Å². The van der Waals surface area contributed by atoms with Crippen LogP contribution >= 0.6 is 0 Å². The van der Waals surface area contributed by atoms with Gasteiger partial charge in [0.05, 0.1) is 19.6 Å². The van der Waals surface area contributed by atoms with Crippen LogP contribution in [0.3, 0.4) is 0 Å². The van der Waals surface area contributed by atoms with Gasteiger partial charge in [0.25, 0.3) is 0 Å². The van der Waals surface area contributed by atoms with Crippen molar-refractivity contribution in [2.45, 2.75) is 33.1 Å². The SMILES string of the molecule is Cc1cc(C(=O)COC(=O)CCC(=O)c2ccc3c(c2)OCCCO3)c(C)n1C. The molecule has 2 aromatic rings. The maximum atomic E-state index is 12.4. The number of nitrogens with zero attached hydrogens (tertiary/aromatic N) is 1. The van der Waals surface area contributed by atoms with E-state index in [9.17, 15) is 14.4 Å². The molecule has 154 valence electrons. The third kappa shape index (κ3) is 4.85. The zero-order valence-electron chi connectivity index (χ0n) is 16.9. The van der Waals surface area contributed by atoms with Gasteiger partial charge < -0.3 is 18.8 Å². The maximum absolute atomic E-state index is 12.4. The number of hydrogen-bond donors (Lipinski definition) is 0. The van der Waals surface area contributed by atoms with Crippen molar-refractivity contribution < 1.29 is 28.6 Å². The second-order valence-corrected chi connectivity index (χ2v) is 7.06. The zero-order chi connectivity index (χ0) is 21.0. The molecule has 0 radical (unpaired) electrons. The van der Waals surface area contributed by atoms with Gasteiger partial charge in [-0.2, -0.15) is 0 Å². The molecule has 0 unspecified atom stereocenters. The summed E-state index contributed by atoms with van der Waals surface area (Å²) >= 11 is 0. The number of ether oxygens (including phenoxy) is 3. The monoisotopic (exact) mass is 399 g/mol. The Bertz CT molecular complexity index is 943. The number of esters is 1. The van der Waals surface area contributed by atoms with Crippen molar-refractivity contribution in [1.29, 1.82) is 0 Å². The van der Waals surface area contributed by atoms with Crippen LogP contribution in [0.15, 0.2) is 24.3 Å². The molecule has 7 heteroatoms. The molecule has 7 nitrogen and oxygen atoms in total. The van der Waals surface area contributed by atoms with Gasteiger partial charge in [0.15, 0.2) is 23.9 Å². The summed E-state index contributed by atoms with van der Waals surface area (Å²) in [6.45, 7) is 4.52. The molecule has 0 amide bonds. The number of carbonyl (C=O) groups excluding carboxylic acids is 3. The van der Waals surface area contributed by atoms with E-state index in [1.54, 1.807) is 24.3 Å². The van der Waals surface area contributed by atoms with Crippen LogP contribution in [0.2, 0.25) is 0 Å². The van der Waals surface area contributed by atoms with Crippen LogP contribution in [0.4, 0.5) is 0 Å². The number of fused-ring (bicyclic) bond motifs is 1. The molecule has 0 aliphatic carbocycles. The van der Waals surface area contributed by atoms with E-state index >= 15 is 0 Å². The first-order chi connectivity index (χ1) is 13.9. The van der Waals surface area contributed by atoms with E-state index in [-0.39, 0.29) is 31.0 Å². The van der Waals surface area contributed by atoms with Gasteiger partial charge in [-0.3, -0.25) is 14.4 Å². The predicted molar refractivity (Wildman–Crippen MR) is 106 cm³/mol. The number of carbonyl (C=O) groups is 3. The van der Waals surface area contributed by atoms with Crippen LogP contribution in [0.1, 0.15) is 51.4 Å². The molecule has 0 spiro atoms. The molecule has 0 saturated heterocycles. The summed E-state index contributed by atoms with van der Waals surface area (Å²) < 4.78 is 18.1. The highest BCUT2D eigenvalue weighted by atomic mass is 16.5. The standard InChI is InChI=1S/C22H25NO6/c1-14-11-17(15(2)23(14)3)19(25)13-29-22(26)8-6-18(24)16-5-7-20-21(12-16)28-10-4-9-27-20/h5,7,11-12H,4,6,8-10,13H2,1-3H3. The van der Waals surface area contributed by atoms with Gasteiger partial charge in [-0.25, -0.2) is 0 Å². The molecule has 0 atom stereocenters. The van der Waals surface area contributed by atoms with Crippen LogP contribution in [0.25, 0.3) is 0 Å². The molecule has 1 aromatic heterocycles. The molecule has 0 fully saturated rings. The Morgan fingerprint density at radius 1 is 1.00 bits per heavy atom. The normalized spacial score (nSPS) is 12.9. The van der Waals surface area contributed by atoms with Gasteiger partial charge in [-0.1, -0.05) is 0 Å². The average molecular weight is 399 g/mol. The smallest absolute Gasteiger partial charge is 0.306 e. The van der Waals surface area contributed by atoms with Gasteiger partial charge in [0, 0.05) is 42.4 Å². The van der Waals surface area contributed by atoms with Gasteiger partial charge in [0.2, 0.25) is 5.78 Å². The van der Waals surface area contributed by atoms with E-state index in [1.807, 2.05) is 25.5 Å². The highest BCUT2D eigenvalue weighted by Gasteiger charge is 2.18. The summed E-state index contributed by atoms with van der Waals surface area (Å²) in [6, 6.07) is 6.78. The lowest BCUT2D eigenvalue weighted by atomic mass is 10.1. The van der Waals surface area contributed by atoms with Crippen molar-refractivity contribution in [3.8, 4) is 11.5 Å². The molecule has 1 aliphatic heterocycles. The molecule has 0 saturated carbocycles. The van der Waals surface area contributed by atoms with E-state index in [1.165, 1.54) is 0 Å². The lowest BCUT2D eigenvalue weighted by Crippen LogP contribution is -2.15. The molecular formula is C22H25NO6. The summed E-state index contributed by atoms with van der Waals surface area (Å²) in [6.07, 6.45) is 0.689. The molecular weight excluding hydrogens is 374 g/mol. The number of rotatable bonds is 7. The Hall–Kier alpha value is -3.09. The van der Waals surface area contributed by atoms with Gasteiger partial charge >= 0.3 is 5.97 Å². The Morgan fingerprint density at radius 3 is 2.41 bits per heavy atom. The molecule has 3 rings (SSSR count). The average Bonchev–Trinajstić information content (AvgIpc) is 2.90. The van der Waals surface area contributed by atoms with Crippen LogP contribution < -0.4 is 9.47 Å².